The number of imide groups is 1. The summed E-state index contributed by atoms with van der Waals surface area (Å²) in [7, 11) is 1.71. The molecule has 0 aliphatic carbocycles. The second kappa shape index (κ2) is 9.11. The minimum atomic E-state index is -0.650. The Bertz CT molecular complexity index is 961. The molecule has 0 radical (unpaired) electrons. The quantitative estimate of drug-likeness (QED) is 0.702. The summed E-state index contributed by atoms with van der Waals surface area (Å²) in [4.78, 5) is 36.4. The van der Waals surface area contributed by atoms with Gasteiger partial charge in [-0.15, -0.1) is 12.4 Å². The third kappa shape index (κ3) is 4.39. The Morgan fingerprint density at radius 3 is 2.59 bits per heavy atom. The number of hydrogen-bond acceptors (Lipinski definition) is 5. The van der Waals surface area contributed by atoms with Crippen molar-refractivity contribution in [1.82, 2.24) is 19.8 Å². The number of rotatable bonds is 5. The van der Waals surface area contributed by atoms with E-state index < -0.39 is 11.9 Å². The van der Waals surface area contributed by atoms with E-state index in [1.54, 1.807) is 11.6 Å². The number of aryl methyl sites for hydroxylation is 1. The summed E-state index contributed by atoms with van der Waals surface area (Å²) >= 11 is 0. The highest BCUT2D eigenvalue weighted by Crippen LogP contribution is 2.24. The number of nitrogens with one attached hydrogen (secondary N) is 2. The molecule has 2 amide bonds. The van der Waals surface area contributed by atoms with E-state index in [1.807, 2.05) is 18.2 Å². The molecule has 1 aromatic carbocycles. The molecule has 1 unspecified atom stereocenters. The lowest BCUT2D eigenvalue weighted by molar-refractivity contribution is -0.135. The highest BCUT2D eigenvalue weighted by molar-refractivity contribution is 6.00. The zero-order valence-electron chi connectivity index (χ0n) is 16.5. The van der Waals surface area contributed by atoms with Gasteiger partial charge in [0.1, 0.15) is 6.04 Å². The Labute approximate surface area is 175 Å². The number of benzene rings is 1. The number of hydrogen-bond donors (Lipinski definition) is 2. The highest BCUT2D eigenvalue weighted by atomic mass is 35.5. The van der Waals surface area contributed by atoms with Crippen molar-refractivity contribution in [1.29, 1.82) is 0 Å². The molecule has 8 nitrogen and oxygen atoms in total. The van der Waals surface area contributed by atoms with E-state index in [0.29, 0.717) is 24.6 Å². The van der Waals surface area contributed by atoms with Gasteiger partial charge in [0.2, 0.25) is 11.8 Å². The van der Waals surface area contributed by atoms with E-state index in [4.69, 9.17) is 4.74 Å². The van der Waals surface area contributed by atoms with Gasteiger partial charge in [-0.2, -0.15) is 0 Å². The van der Waals surface area contributed by atoms with Crippen LogP contribution in [0.1, 0.15) is 37.3 Å². The molecular formula is C20H27ClN4O4. The smallest absolute Gasteiger partial charge is 0.329 e. The van der Waals surface area contributed by atoms with E-state index in [0.717, 1.165) is 43.4 Å². The molecule has 0 saturated carbocycles. The molecule has 2 fully saturated rings. The van der Waals surface area contributed by atoms with Crippen molar-refractivity contribution in [3.63, 3.8) is 0 Å². The number of piperidine rings is 2. The van der Waals surface area contributed by atoms with Crippen LogP contribution in [0.2, 0.25) is 0 Å². The predicted molar refractivity (Wildman–Crippen MR) is 111 cm³/mol. The van der Waals surface area contributed by atoms with Crippen LogP contribution in [0.15, 0.2) is 23.0 Å². The lowest BCUT2D eigenvalue weighted by Crippen LogP contribution is -2.44. The van der Waals surface area contributed by atoms with Crippen LogP contribution in [-0.4, -0.2) is 46.7 Å². The SMILES string of the molecule is Cl.Cn1c(=O)n(C2CCC(=O)NC2=O)c2ccc(CCOC3CCNCC3)cc21. The van der Waals surface area contributed by atoms with E-state index >= 15 is 0 Å². The number of carbonyl (C=O) groups is 2. The van der Waals surface area contributed by atoms with Gasteiger partial charge in [0, 0.05) is 13.5 Å². The topological polar surface area (TPSA) is 94.4 Å². The summed E-state index contributed by atoms with van der Waals surface area (Å²) in [6, 6.07) is 5.21. The number of aromatic nitrogens is 2. The maximum atomic E-state index is 12.8. The number of ether oxygens (including phenoxy) is 1. The lowest BCUT2D eigenvalue weighted by atomic mass is 10.1. The fraction of sp³-hybridized carbons (Fsp3) is 0.550. The van der Waals surface area contributed by atoms with Crippen molar-refractivity contribution >= 4 is 35.3 Å². The van der Waals surface area contributed by atoms with Gasteiger partial charge in [0.05, 0.1) is 23.7 Å². The minimum Gasteiger partial charge on any atom is -0.378 e. The average molecular weight is 423 g/mol. The van der Waals surface area contributed by atoms with Gasteiger partial charge >= 0.3 is 5.69 Å². The number of nitrogens with zero attached hydrogens (tertiary/aromatic N) is 2. The fourth-order valence-electron chi connectivity index (χ4n) is 4.10. The van der Waals surface area contributed by atoms with Gasteiger partial charge in [-0.1, -0.05) is 6.07 Å². The number of amides is 2. The Kier molecular flexibility index (Phi) is 6.77. The summed E-state index contributed by atoms with van der Waals surface area (Å²) in [6.07, 6.45) is 3.77. The first-order valence-electron chi connectivity index (χ1n) is 9.90. The summed E-state index contributed by atoms with van der Waals surface area (Å²) in [5.41, 5.74) is 2.35. The molecule has 0 bridgehead atoms. The van der Waals surface area contributed by atoms with Crippen LogP contribution in [0, 0.1) is 0 Å². The molecule has 0 spiro atoms. The highest BCUT2D eigenvalue weighted by Gasteiger charge is 2.31. The first-order valence-corrected chi connectivity index (χ1v) is 9.90. The third-order valence-corrected chi connectivity index (χ3v) is 5.71. The second-order valence-electron chi connectivity index (χ2n) is 7.57. The zero-order chi connectivity index (χ0) is 19.7. The van der Waals surface area contributed by atoms with Crippen molar-refractivity contribution in [2.75, 3.05) is 19.7 Å². The molecule has 1 aromatic heterocycles. The normalized spacial score (nSPS) is 20.5. The molecule has 3 heterocycles. The average Bonchev–Trinajstić information content (AvgIpc) is 2.94. The van der Waals surface area contributed by atoms with Gasteiger partial charge in [-0.05, 0) is 56.5 Å². The molecule has 1 atom stereocenters. The Hall–Kier alpha value is -2.16. The van der Waals surface area contributed by atoms with Gasteiger partial charge in [0.25, 0.3) is 0 Å². The summed E-state index contributed by atoms with van der Waals surface area (Å²) in [5, 5.41) is 5.66. The van der Waals surface area contributed by atoms with Crippen molar-refractivity contribution < 1.29 is 14.3 Å². The molecule has 2 saturated heterocycles. The molecule has 29 heavy (non-hydrogen) atoms. The van der Waals surface area contributed by atoms with E-state index in [-0.39, 0.29) is 30.4 Å². The molecule has 2 aliphatic rings. The van der Waals surface area contributed by atoms with E-state index in [2.05, 4.69) is 10.6 Å². The van der Waals surface area contributed by atoms with Crippen LogP contribution >= 0.6 is 12.4 Å². The molecule has 9 heteroatoms. The molecule has 2 aliphatic heterocycles. The largest absolute Gasteiger partial charge is 0.378 e. The molecule has 4 rings (SSSR count). The zero-order valence-corrected chi connectivity index (χ0v) is 17.3. The Morgan fingerprint density at radius 1 is 1.10 bits per heavy atom. The monoisotopic (exact) mass is 422 g/mol. The summed E-state index contributed by atoms with van der Waals surface area (Å²) in [5.74, 6) is -0.698. The van der Waals surface area contributed by atoms with Gasteiger partial charge < -0.3 is 10.1 Å². The van der Waals surface area contributed by atoms with Gasteiger partial charge in [-0.25, -0.2) is 4.79 Å². The van der Waals surface area contributed by atoms with Crippen LogP contribution in [0.3, 0.4) is 0 Å². The maximum absolute atomic E-state index is 12.8. The van der Waals surface area contributed by atoms with Crippen molar-refractivity contribution in [3.05, 3.63) is 34.2 Å². The van der Waals surface area contributed by atoms with Crippen LogP contribution in [0.5, 0.6) is 0 Å². The number of fused-ring (bicyclic) bond motifs is 1. The van der Waals surface area contributed by atoms with Crippen molar-refractivity contribution in [2.24, 2.45) is 7.05 Å². The van der Waals surface area contributed by atoms with Gasteiger partial charge in [0.15, 0.2) is 0 Å². The lowest BCUT2D eigenvalue weighted by Gasteiger charge is -2.23. The van der Waals surface area contributed by atoms with Crippen LogP contribution in [0.4, 0.5) is 0 Å². The molecule has 2 N–H and O–H groups in total. The number of imidazole rings is 1. The molecule has 2 aromatic rings. The first-order chi connectivity index (χ1) is 13.5. The van der Waals surface area contributed by atoms with Gasteiger partial charge in [-0.3, -0.25) is 24.0 Å². The third-order valence-electron chi connectivity index (χ3n) is 5.71. The second-order valence-corrected chi connectivity index (χ2v) is 7.57. The Balaban J connectivity index is 0.00000240. The van der Waals surface area contributed by atoms with Crippen LogP contribution in [0.25, 0.3) is 11.0 Å². The minimum absolute atomic E-state index is 0. The maximum Gasteiger partial charge on any atom is 0.329 e. The first kappa shape index (κ1) is 21.5. The van der Waals surface area contributed by atoms with E-state index in [1.165, 1.54) is 4.57 Å². The molecular weight excluding hydrogens is 396 g/mol. The van der Waals surface area contributed by atoms with Crippen molar-refractivity contribution in [3.8, 4) is 0 Å². The number of halogens is 1. The predicted octanol–water partition coefficient (Wildman–Crippen LogP) is 1.05. The Morgan fingerprint density at radius 2 is 1.86 bits per heavy atom. The fourth-order valence-corrected chi connectivity index (χ4v) is 4.10. The van der Waals surface area contributed by atoms with Crippen LogP contribution < -0.4 is 16.3 Å². The standard InChI is InChI=1S/C20H26N4O4.ClH/c1-23-17-12-13(8-11-28-14-6-9-21-10-7-14)2-3-15(17)24(20(23)27)16-4-5-18(25)22-19(16)26;/h2-3,12,14,16,21H,4-11H2,1H3,(H,22,25,26);1H. The van der Waals surface area contributed by atoms with Crippen LogP contribution in [-0.2, 0) is 27.8 Å². The van der Waals surface area contributed by atoms with Crippen molar-refractivity contribution in [2.45, 2.75) is 44.2 Å². The number of carbonyl (C=O) groups excluding carboxylic acids is 2. The summed E-state index contributed by atoms with van der Waals surface area (Å²) in [6.45, 7) is 2.66. The molecule has 158 valence electrons. The van der Waals surface area contributed by atoms with E-state index in [9.17, 15) is 14.4 Å². The summed E-state index contributed by atoms with van der Waals surface area (Å²) < 4.78 is 9.05.